The second-order valence-corrected chi connectivity index (χ2v) is 14.1. The highest BCUT2D eigenvalue weighted by Gasteiger charge is 2.19. The molecule has 0 atom stereocenters. The number of pyridine rings is 1. The molecule has 0 aliphatic carbocycles. The van der Waals surface area contributed by atoms with E-state index in [1.165, 1.54) is 0 Å². The number of fused-ring (bicyclic) bond motifs is 1. The molecule has 4 nitrogen and oxygen atoms in total. The lowest BCUT2D eigenvalue weighted by Crippen LogP contribution is -2.10. The van der Waals surface area contributed by atoms with Gasteiger partial charge in [-0.05, 0) is 107 Å². The molecule has 8 aromatic carbocycles. The minimum Gasteiger partial charge on any atom is -0.311 e. The van der Waals surface area contributed by atoms with Crippen molar-refractivity contribution in [1.29, 1.82) is 0 Å². The second kappa shape index (κ2) is 15.9. The minimum atomic E-state index is -0.431. The van der Waals surface area contributed by atoms with Crippen molar-refractivity contribution in [3.63, 3.8) is 0 Å². The molecular weight excluding hydrogens is 717 g/mol. The molecule has 0 amide bonds. The third-order valence-electron chi connectivity index (χ3n) is 10.5. The highest BCUT2D eigenvalue weighted by molar-refractivity contribution is 5.86. The van der Waals surface area contributed by atoms with Gasteiger partial charge in [-0.1, -0.05) is 152 Å². The summed E-state index contributed by atoms with van der Waals surface area (Å²) in [6, 6.07) is 67.7. The van der Waals surface area contributed by atoms with Gasteiger partial charge in [0.1, 0.15) is 5.65 Å². The third kappa shape index (κ3) is 7.16. The van der Waals surface area contributed by atoms with Crippen LogP contribution in [0.25, 0.3) is 50.4 Å². The van der Waals surface area contributed by atoms with Crippen LogP contribution in [0.15, 0.2) is 243 Å². The van der Waals surface area contributed by atoms with E-state index in [2.05, 4.69) is 100 Å². The van der Waals surface area contributed by atoms with Gasteiger partial charge in [-0.2, -0.15) is 0 Å². The van der Waals surface area contributed by atoms with Gasteiger partial charge in [-0.15, -0.1) is 0 Å². The highest BCUT2D eigenvalue weighted by Crippen LogP contribution is 2.41. The van der Waals surface area contributed by atoms with Crippen LogP contribution in [0.5, 0.6) is 0 Å². The Hall–Kier alpha value is -7.95. The van der Waals surface area contributed by atoms with Crippen LogP contribution in [0.4, 0.5) is 34.1 Å². The summed E-state index contributed by atoms with van der Waals surface area (Å²) in [6.07, 6.45) is 2.06. The van der Waals surface area contributed by atoms with E-state index >= 15 is 0 Å². The average molecular weight is 762 g/mol. The molecule has 10 aromatic rings. The molecular formula is C55H40N4. The highest BCUT2D eigenvalue weighted by atomic mass is 15.1. The largest absolute Gasteiger partial charge is 0.311 e. The zero-order chi connectivity index (χ0) is 43.7. The van der Waals surface area contributed by atoms with Gasteiger partial charge in [0, 0.05) is 51.4 Å². The molecule has 280 valence electrons. The van der Waals surface area contributed by atoms with Crippen molar-refractivity contribution in [1.82, 2.24) is 9.38 Å². The van der Waals surface area contributed by atoms with Crippen molar-refractivity contribution in [3.8, 4) is 44.8 Å². The summed E-state index contributed by atoms with van der Waals surface area (Å²) in [7, 11) is 0. The molecule has 0 saturated heterocycles. The number of hydrogen-bond acceptors (Lipinski definition) is 3. The molecule has 0 unspecified atom stereocenters. The Morgan fingerprint density at radius 2 is 0.797 bits per heavy atom. The Morgan fingerprint density at radius 3 is 1.37 bits per heavy atom. The minimum absolute atomic E-state index is 0.0816. The topological polar surface area (TPSA) is 23.8 Å². The Bertz CT molecular complexity index is 3220. The standard InChI is InChI=1S/C55H40N4/c1-5-16-41(17-6-1)42-27-33-49(34-28-42)58(47-21-9-3-10-22-47)50-35-29-43(30-36-50)44-31-37-51(38-32-44)59(48-23-11-4-12-24-48)52-25-15-20-46(40-52)54-55(45-18-7-2-8-19-45)57-39-14-13-26-53(57)56-54/h1-40H/i3D,9D,10D,21D,22D. The number of para-hydroxylation sites is 2. The molecule has 4 heteroatoms. The second-order valence-electron chi connectivity index (χ2n) is 14.1. The number of aromatic nitrogens is 2. The van der Waals surface area contributed by atoms with Gasteiger partial charge in [0.15, 0.2) is 0 Å². The van der Waals surface area contributed by atoms with Crippen molar-refractivity contribution >= 4 is 39.8 Å². The Morgan fingerprint density at radius 1 is 0.356 bits per heavy atom. The summed E-state index contributed by atoms with van der Waals surface area (Å²) in [5.41, 5.74) is 13.3. The Balaban J connectivity index is 1.00. The maximum atomic E-state index is 8.90. The lowest BCUT2D eigenvalue weighted by molar-refractivity contribution is 1.19. The van der Waals surface area contributed by atoms with E-state index in [-0.39, 0.29) is 29.9 Å². The number of rotatable bonds is 10. The molecule has 0 radical (unpaired) electrons. The van der Waals surface area contributed by atoms with Crippen molar-refractivity contribution < 1.29 is 6.85 Å². The van der Waals surface area contributed by atoms with Gasteiger partial charge in [-0.25, -0.2) is 4.98 Å². The van der Waals surface area contributed by atoms with E-state index in [1.54, 1.807) is 4.90 Å². The first-order valence-corrected chi connectivity index (χ1v) is 19.6. The molecule has 0 fully saturated rings. The normalized spacial score (nSPS) is 12.2. The zero-order valence-corrected chi connectivity index (χ0v) is 32.0. The molecule has 2 heterocycles. The van der Waals surface area contributed by atoms with Gasteiger partial charge in [0.2, 0.25) is 0 Å². The molecule has 0 aliphatic heterocycles. The first-order valence-electron chi connectivity index (χ1n) is 22.1. The predicted octanol–water partition coefficient (Wildman–Crippen LogP) is 14.9. The van der Waals surface area contributed by atoms with E-state index in [9.17, 15) is 0 Å². The smallest absolute Gasteiger partial charge is 0.137 e. The van der Waals surface area contributed by atoms with Crippen LogP contribution in [0.1, 0.15) is 6.85 Å². The van der Waals surface area contributed by atoms with Crippen molar-refractivity contribution in [3.05, 3.63) is 243 Å². The molecule has 0 saturated carbocycles. The van der Waals surface area contributed by atoms with Gasteiger partial charge >= 0.3 is 0 Å². The fourth-order valence-electron chi connectivity index (χ4n) is 7.69. The number of anilines is 6. The molecule has 59 heavy (non-hydrogen) atoms. The summed E-state index contributed by atoms with van der Waals surface area (Å²) in [5, 5.41) is 0. The Kier molecular flexibility index (Phi) is 8.14. The van der Waals surface area contributed by atoms with Gasteiger partial charge in [0.25, 0.3) is 0 Å². The quantitative estimate of drug-likeness (QED) is 0.139. The molecule has 10 rings (SSSR count). The fourth-order valence-corrected chi connectivity index (χ4v) is 7.69. The van der Waals surface area contributed by atoms with E-state index in [0.717, 1.165) is 67.5 Å². The third-order valence-corrected chi connectivity index (χ3v) is 10.5. The maximum absolute atomic E-state index is 8.90. The number of hydrogen-bond donors (Lipinski definition) is 0. The van der Waals surface area contributed by atoms with Crippen LogP contribution in [0.3, 0.4) is 0 Å². The van der Waals surface area contributed by atoms with Crippen LogP contribution in [-0.4, -0.2) is 9.38 Å². The van der Waals surface area contributed by atoms with E-state index < -0.39 is 6.04 Å². The van der Waals surface area contributed by atoms with Crippen molar-refractivity contribution in [2.75, 3.05) is 9.80 Å². The monoisotopic (exact) mass is 761 g/mol. The first kappa shape index (κ1) is 30.2. The Labute approximate surface area is 352 Å². The predicted molar refractivity (Wildman–Crippen MR) is 246 cm³/mol. The maximum Gasteiger partial charge on any atom is 0.137 e. The van der Waals surface area contributed by atoms with Gasteiger partial charge in [-0.3, -0.25) is 4.40 Å². The summed E-state index contributed by atoms with van der Waals surface area (Å²) in [6.45, 7) is 0. The molecule has 0 aliphatic rings. The lowest BCUT2D eigenvalue weighted by Gasteiger charge is -2.26. The summed E-state index contributed by atoms with van der Waals surface area (Å²) in [4.78, 5) is 9.12. The lowest BCUT2D eigenvalue weighted by atomic mass is 10.0. The summed E-state index contributed by atoms with van der Waals surface area (Å²) >= 11 is 0. The van der Waals surface area contributed by atoms with E-state index in [0.29, 0.717) is 11.4 Å². The van der Waals surface area contributed by atoms with Crippen LogP contribution >= 0.6 is 0 Å². The van der Waals surface area contributed by atoms with E-state index in [1.807, 2.05) is 121 Å². The van der Waals surface area contributed by atoms with Crippen LogP contribution in [-0.2, 0) is 0 Å². The number of nitrogens with zero attached hydrogens (tertiary/aromatic N) is 4. The molecule has 2 aromatic heterocycles. The number of imidazole rings is 1. The van der Waals surface area contributed by atoms with Crippen molar-refractivity contribution in [2.24, 2.45) is 0 Å². The SMILES string of the molecule is [2H]c1c([2H])c([2H])c(N(c2ccc(-c3ccccc3)cc2)c2ccc(-c3ccc(N(c4ccccc4)c4cccc(-c5nc6ccccn6c5-c5ccccc5)c4)cc3)cc2)c([2H])c1[2H]. The summed E-state index contributed by atoms with van der Waals surface area (Å²) < 4.78 is 45.1. The fraction of sp³-hybridized carbons (Fsp3) is 0. The van der Waals surface area contributed by atoms with E-state index in [4.69, 9.17) is 11.8 Å². The van der Waals surface area contributed by atoms with Gasteiger partial charge in [0.05, 0.1) is 18.2 Å². The molecule has 0 spiro atoms. The van der Waals surface area contributed by atoms with Crippen LogP contribution < -0.4 is 9.80 Å². The summed E-state index contributed by atoms with van der Waals surface area (Å²) in [5.74, 6) is 0. The van der Waals surface area contributed by atoms with Crippen LogP contribution in [0.2, 0.25) is 0 Å². The zero-order valence-electron chi connectivity index (χ0n) is 37.0. The average Bonchev–Trinajstić information content (AvgIpc) is 3.76. The van der Waals surface area contributed by atoms with Crippen LogP contribution in [0, 0.1) is 0 Å². The number of benzene rings is 8. The molecule has 0 bridgehead atoms. The molecule has 0 N–H and O–H groups in total. The van der Waals surface area contributed by atoms with Crippen molar-refractivity contribution in [2.45, 2.75) is 0 Å². The first-order chi connectivity index (χ1) is 31.3. The van der Waals surface area contributed by atoms with Gasteiger partial charge < -0.3 is 9.80 Å².